The number of sulfonamides is 1. The first-order chi connectivity index (χ1) is 11.1. The van der Waals surface area contributed by atoms with Crippen molar-refractivity contribution < 1.29 is 12.8 Å². The Morgan fingerprint density at radius 2 is 1.87 bits per heavy atom. The van der Waals surface area contributed by atoms with E-state index >= 15 is 0 Å². The highest BCUT2D eigenvalue weighted by Gasteiger charge is 2.27. The van der Waals surface area contributed by atoms with Crippen LogP contribution in [0.3, 0.4) is 0 Å². The molecule has 7 heteroatoms. The summed E-state index contributed by atoms with van der Waals surface area (Å²) in [5, 5.41) is 0.509. The summed E-state index contributed by atoms with van der Waals surface area (Å²) in [6.07, 6.45) is 3.87. The number of nitrogens with one attached hydrogen (secondary N) is 1. The summed E-state index contributed by atoms with van der Waals surface area (Å²) in [6, 6.07) is 9.77. The number of nitrogens with zero attached hydrogens (tertiary/aromatic N) is 1. The van der Waals surface area contributed by atoms with E-state index < -0.39 is 10.0 Å². The van der Waals surface area contributed by atoms with Crippen molar-refractivity contribution in [2.24, 2.45) is 0 Å². The van der Waals surface area contributed by atoms with Gasteiger partial charge in [-0.25, -0.2) is 13.1 Å². The van der Waals surface area contributed by atoms with E-state index in [0.717, 1.165) is 31.7 Å². The lowest BCUT2D eigenvalue weighted by Gasteiger charge is -2.25. The third-order valence-electron chi connectivity index (χ3n) is 4.04. The second kappa shape index (κ2) is 7.05. The molecule has 0 bridgehead atoms. The topological polar surface area (TPSA) is 62.6 Å². The molecule has 0 aliphatic carbocycles. The molecule has 1 aromatic heterocycles. The highest BCUT2D eigenvalue weighted by molar-refractivity contribution is 7.89. The van der Waals surface area contributed by atoms with E-state index in [2.05, 4.69) is 9.62 Å². The first-order valence-electron chi connectivity index (χ1n) is 7.59. The zero-order chi connectivity index (χ0) is 16.3. The molecule has 1 saturated heterocycles. The van der Waals surface area contributed by atoms with Gasteiger partial charge in [-0.2, -0.15) is 0 Å². The van der Waals surface area contributed by atoms with E-state index in [9.17, 15) is 8.42 Å². The largest absolute Gasteiger partial charge is 0.468 e. The summed E-state index contributed by atoms with van der Waals surface area (Å²) < 4.78 is 33.0. The molecule has 2 aromatic rings. The maximum atomic E-state index is 12.4. The molecule has 1 fully saturated rings. The molecular weight excluding hydrogens is 336 g/mol. The van der Waals surface area contributed by atoms with Crippen molar-refractivity contribution in [3.63, 3.8) is 0 Å². The van der Waals surface area contributed by atoms with Crippen molar-refractivity contribution in [3.8, 4) is 0 Å². The number of hydrogen-bond acceptors (Lipinski definition) is 4. The van der Waals surface area contributed by atoms with Crippen molar-refractivity contribution in [3.05, 3.63) is 53.4 Å². The summed E-state index contributed by atoms with van der Waals surface area (Å²) in [7, 11) is -3.57. The van der Waals surface area contributed by atoms with Gasteiger partial charge < -0.3 is 4.42 Å². The second-order valence-corrected chi connectivity index (χ2v) is 7.78. The van der Waals surface area contributed by atoms with Gasteiger partial charge in [-0.05, 0) is 62.3 Å². The number of halogens is 1. The normalized spacial score (nSPS) is 17.4. The van der Waals surface area contributed by atoms with Gasteiger partial charge in [-0.3, -0.25) is 4.90 Å². The molecule has 23 heavy (non-hydrogen) atoms. The van der Waals surface area contributed by atoms with Gasteiger partial charge in [-0.15, -0.1) is 0 Å². The van der Waals surface area contributed by atoms with Crippen LogP contribution in [0.25, 0.3) is 0 Å². The van der Waals surface area contributed by atoms with Gasteiger partial charge in [0.15, 0.2) is 0 Å². The van der Waals surface area contributed by atoms with Crippen molar-refractivity contribution in [2.75, 3.05) is 19.6 Å². The van der Waals surface area contributed by atoms with Crippen LogP contribution in [0.2, 0.25) is 5.02 Å². The molecule has 2 heterocycles. The molecule has 124 valence electrons. The highest BCUT2D eigenvalue weighted by Crippen LogP contribution is 2.25. The molecule has 1 atom stereocenters. The highest BCUT2D eigenvalue weighted by atomic mass is 35.5. The number of furan rings is 1. The van der Waals surface area contributed by atoms with E-state index in [1.807, 2.05) is 12.1 Å². The van der Waals surface area contributed by atoms with Crippen molar-refractivity contribution >= 4 is 21.6 Å². The maximum Gasteiger partial charge on any atom is 0.240 e. The number of benzene rings is 1. The third kappa shape index (κ3) is 3.95. The summed E-state index contributed by atoms with van der Waals surface area (Å²) >= 11 is 5.81. The summed E-state index contributed by atoms with van der Waals surface area (Å²) in [5.74, 6) is 0.783. The lowest BCUT2D eigenvalue weighted by Crippen LogP contribution is -2.36. The van der Waals surface area contributed by atoms with Crippen LogP contribution in [0.5, 0.6) is 0 Å². The first-order valence-corrected chi connectivity index (χ1v) is 9.45. The smallest absolute Gasteiger partial charge is 0.240 e. The first kappa shape index (κ1) is 16.5. The van der Waals surface area contributed by atoms with E-state index in [0.29, 0.717) is 5.02 Å². The Labute approximate surface area is 141 Å². The average Bonchev–Trinajstić information content (AvgIpc) is 3.21. The SMILES string of the molecule is O=S(=O)(NCC(c1ccco1)N1CCCC1)c1ccc(Cl)cc1. The lowest BCUT2D eigenvalue weighted by atomic mass is 10.2. The van der Waals surface area contributed by atoms with Crippen LogP contribution >= 0.6 is 11.6 Å². The summed E-state index contributed by atoms with van der Waals surface area (Å²) in [6.45, 7) is 2.18. The number of hydrogen-bond donors (Lipinski definition) is 1. The van der Waals surface area contributed by atoms with Crippen LogP contribution in [0.4, 0.5) is 0 Å². The van der Waals surface area contributed by atoms with Gasteiger partial charge in [0.25, 0.3) is 0 Å². The van der Waals surface area contributed by atoms with Crippen molar-refractivity contribution in [1.29, 1.82) is 0 Å². The Kier molecular flexibility index (Phi) is 5.06. The quantitative estimate of drug-likeness (QED) is 0.866. The van der Waals surface area contributed by atoms with Crippen LogP contribution in [-0.4, -0.2) is 33.0 Å². The van der Waals surface area contributed by atoms with Crippen LogP contribution in [0, 0.1) is 0 Å². The Hall–Kier alpha value is -1.34. The molecule has 0 radical (unpaired) electrons. The fourth-order valence-corrected chi connectivity index (χ4v) is 3.99. The van der Waals surface area contributed by atoms with Crippen LogP contribution in [0.15, 0.2) is 52.0 Å². The van der Waals surface area contributed by atoms with Gasteiger partial charge >= 0.3 is 0 Å². The lowest BCUT2D eigenvalue weighted by molar-refractivity contribution is 0.216. The molecule has 0 spiro atoms. The molecule has 1 aliphatic heterocycles. The molecule has 5 nitrogen and oxygen atoms in total. The zero-order valence-corrected chi connectivity index (χ0v) is 14.2. The van der Waals surface area contributed by atoms with Crippen LogP contribution in [0.1, 0.15) is 24.6 Å². The molecule has 0 saturated carbocycles. The van der Waals surface area contributed by atoms with Crippen molar-refractivity contribution in [2.45, 2.75) is 23.8 Å². The standard InChI is InChI=1S/C16H19ClN2O3S/c17-13-5-7-14(8-6-13)23(20,21)18-12-15(16-4-3-11-22-16)19-9-1-2-10-19/h3-8,11,15,18H,1-2,9-10,12H2. The predicted octanol–water partition coefficient (Wildman–Crippen LogP) is 3.05. The minimum atomic E-state index is -3.57. The van der Waals surface area contributed by atoms with E-state index in [4.69, 9.17) is 16.0 Å². The molecule has 1 aromatic carbocycles. The van der Waals surface area contributed by atoms with E-state index in [1.165, 1.54) is 12.1 Å². The molecule has 3 rings (SSSR count). The average molecular weight is 355 g/mol. The Morgan fingerprint density at radius 3 is 2.48 bits per heavy atom. The Morgan fingerprint density at radius 1 is 1.17 bits per heavy atom. The van der Waals surface area contributed by atoms with Gasteiger partial charge in [0.2, 0.25) is 10.0 Å². The minimum Gasteiger partial charge on any atom is -0.468 e. The Bertz CT molecular complexity index is 723. The van der Waals surface area contributed by atoms with Crippen LogP contribution in [-0.2, 0) is 10.0 Å². The van der Waals surface area contributed by atoms with Gasteiger partial charge in [0.05, 0.1) is 17.2 Å². The van der Waals surface area contributed by atoms with Gasteiger partial charge in [0, 0.05) is 11.6 Å². The third-order valence-corrected chi connectivity index (χ3v) is 5.74. The fourth-order valence-electron chi connectivity index (χ4n) is 2.83. The predicted molar refractivity (Wildman–Crippen MR) is 88.9 cm³/mol. The molecule has 1 N–H and O–H groups in total. The molecule has 1 unspecified atom stereocenters. The minimum absolute atomic E-state index is 0.0884. The fraction of sp³-hybridized carbons (Fsp3) is 0.375. The van der Waals surface area contributed by atoms with Gasteiger partial charge in [-0.1, -0.05) is 11.6 Å². The summed E-state index contributed by atoms with van der Waals surface area (Å²) in [5.41, 5.74) is 0. The number of rotatable bonds is 6. The van der Waals surface area contributed by atoms with Gasteiger partial charge in [0.1, 0.15) is 5.76 Å². The molecular formula is C16H19ClN2O3S. The molecule has 1 aliphatic rings. The van der Waals surface area contributed by atoms with Crippen molar-refractivity contribution in [1.82, 2.24) is 9.62 Å². The Balaban J connectivity index is 1.74. The molecule has 0 amide bonds. The number of likely N-dealkylation sites (tertiary alicyclic amines) is 1. The second-order valence-electron chi connectivity index (χ2n) is 5.58. The summed E-state index contributed by atoms with van der Waals surface area (Å²) in [4.78, 5) is 2.46. The monoisotopic (exact) mass is 354 g/mol. The van der Waals surface area contributed by atoms with Crippen LogP contribution < -0.4 is 4.72 Å². The maximum absolute atomic E-state index is 12.4. The van der Waals surface area contributed by atoms with E-state index in [1.54, 1.807) is 18.4 Å². The zero-order valence-electron chi connectivity index (χ0n) is 12.6. The van der Waals surface area contributed by atoms with E-state index in [-0.39, 0.29) is 17.5 Å².